The maximum absolute atomic E-state index is 13.0. The highest BCUT2D eigenvalue weighted by molar-refractivity contribution is 14.1. The third kappa shape index (κ3) is 5.99. The van der Waals surface area contributed by atoms with Crippen LogP contribution in [0.2, 0.25) is 18.1 Å². The Balaban J connectivity index is 2.18. The van der Waals surface area contributed by atoms with Gasteiger partial charge < -0.3 is 9.53 Å². The molecule has 1 aliphatic carbocycles. The van der Waals surface area contributed by atoms with Gasteiger partial charge in [0.2, 0.25) is 0 Å². The summed E-state index contributed by atoms with van der Waals surface area (Å²) in [5, 5.41) is 11.5. The number of nitrogens with zero attached hydrogens (tertiary/aromatic N) is 2. The molecular formula is C27H38F3IN2O2Si. The predicted molar refractivity (Wildman–Crippen MR) is 147 cm³/mol. The van der Waals surface area contributed by atoms with Crippen LogP contribution in [0.25, 0.3) is 0 Å². The number of fused-ring (bicyclic) bond motifs is 1. The molecule has 1 unspecified atom stereocenters. The van der Waals surface area contributed by atoms with Crippen LogP contribution in [0.3, 0.4) is 0 Å². The molecule has 0 fully saturated rings. The first-order valence-corrected chi connectivity index (χ1v) is 16.3. The zero-order valence-corrected chi connectivity index (χ0v) is 25.8. The smallest absolute Gasteiger partial charge is 0.410 e. The van der Waals surface area contributed by atoms with E-state index in [4.69, 9.17) is 9.41 Å². The van der Waals surface area contributed by atoms with Crippen LogP contribution in [0, 0.1) is 8.99 Å². The summed E-state index contributed by atoms with van der Waals surface area (Å²) in [5.74, 6) is 0.0145. The van der Waals surface area contributed by atoms with Crippen molar-refractivity contribution in [1.29, 1.82) is 0 Å². The molecule has 0 saturated heterocycles. The first kappa shape index (κ1) is 29.5. The van der Waals surface area contributed by atoms with Crippen molar-refractivity contribution in [2.45, 2.75) is 104 Å². The van der Waals surface area contributed by atoms with Gasteiger partial charge >= 0.3 is 6.18 Å². The molecule has 0 amide bonds. The number of pyridine rings is 2. The molecule has 2 aromatic rings. The lowest BCUT2D eigenvalue weighted by atomic mass is 9.74. The number of rotatable bonds is 5. The molecule has 2 aromatic heterocycles. The van der Waals surface area contributed by atoms with Gasteiger partial charge in [-0.15, -0.1) is 0 Å². The third-order valence-electron chi connectivity index (χ3n) is 7.48. The van der Waals surface area contributed by atoms with Crippen molar-refractivity contribution in [3.8, 4) is 0 Å². The van der Waals surface area contributed by atoms with Gasteiger partial charge in [-0.25, -0.2) is 0 Å². The lowest BCUT2D eigenvalue weighted by Crippen LogP contribution is -2.44. The van der Waals surface area contributed by atoms with Gasteiger partial charge in [0.1, 0.15) is 11.8 Å². The summed E-state index contributed by atoms with van der Waals surface area (Å²) in [6.07, 6.45) is -3.10. The molecule has 1 N–H and O–H groups in total. The van der Waals surface area contributed by atoms with Crippen molar-refractivity contribution < 1.29 is 22.7 Å². The van der Waals surface area contributed by atoms with Gasteiger partial charge in [0.25, 0.3) is 0 Å². The van der Waals surface area contributed by atoms with E-state index in [-0.39, 0.29) is 22.5 Å². The highest BCUT2D eigenvalue weighted by atomic mass is 127. The van der Waals surface area contributed by atoms with Crippen molar-refractivity contribution in [3.05, 3.63) is 55.7 Å². The fourth-order valence-electron chi connectivity index (χ4n) is 4.48. The number of aliphatic hydroxyl groups excluding tert-OH is 1. The first-order chi connectivity index (χ1) is 16.2. The lowest BCUT2D eigenvalue weighted by molar-refractivity contribution is -0.141. The molecule has 1 aliphatic rings. The normalized spacial score (nSPS) is 19.4. The van der Waals surface area contributed by atoms with Crippen LogP contribution in [0.15, 0.2) is 18.3 Å². The zero-order chi connectivity index (χ0) is 27.4. The van der Waals surface area contributed by atoms with E-state index in [1.807, 2.05) is 13.8 Å². The summed E-state index contributed by atoms with van der Waals surface area (Å²) in [4.78, 5) is 8.66. The third-order valence-corrected chi connectivity index (χ3v) is 13.1. The Kier molecular flexibility index (Phi) is 8.14. The Morgan fingerprint density at radius 1 is 1.17 bits per heavy atom. The molecule has 0 aliphatic heterocycles. The van der Waals surface area contributed by atoms with Crippen LogP contribution in [0.1, 0.15) is 107 Å². The summed E-state index contributed by atoms with van der Waals surface area (Å²) in [7, 11) is -2.12. The molecule has 4 nitrogen and oxygen atoms in total. The van der Waals surface area contributed by atoms with Crippen molar-refractivity contribution in [3.63, 3.8) is 0 Å². The van der Waals surface area contributed by atoms with E-state index in [2.05, 4.69) is 75.3 Å². The minimum Gasteiger partial charge on any atom is -0.410 e. The van der Waals surface area contributed by atoms with E-state index >= 15 is 0 Å². The summed E-state index contributed by atoms with van der Waals surface area (Å²) < 4.78 is 47.0. The zero-order valence-electron chi connectivity index (χ0n) is 22.6. The van der Waals surface area contributed by atoms with Crippen LogP contribution in [-0.2, 0) is 17.0 Å². The second-order valence-corrected chi connectivity index (χ2v) is 18.4. The van der Waals surface area contributed by atoms with E-state index in [1.165, 1.54) is 6.07 Å². The number of halogens is 4. The molecule has 2 heterocycles. The Labute approximate surface area is 227 Å². The largest absolute Gasteiger partial charge is 0.433 e. The molecular weight excluding hydrogens is 596 g/mol. The monoisotopic (exact) mass is 634 g/mol. The molecule has 0 spiro atoms. The van der Waals surface area contributed by atoms with E-state index in [9.17, 15) is 18.3 Å². The summed E-state index contributed by atoms with van der Waals surface area (Å²) in [5.41, 5.74) is 2.72. The number of hydrogen-bond acceptors (Lipinski definition) is 4. The van der Waals surface area contributed by atoms with Crippen LogP contribution in [0.5, 0.6) is 0 Å². The Morgan fingerprint density at radius 3 is 2.25 bits per heavy atom. The van der Waals surface area contributed by atoms with Crippen LogP contribution < -0.4 is 0 Å². The number of hydrogen-bond donors (Lipinski definition) is 1. The average molecular weight is 635 g/mol. The average Bonchev–Trinajstić information content (AvgIpc) is 2.70. The number of alkyl halides is 3. The van der Waals surface area contributed by atoms with Crippen molar-refractivity contribution in [1.82, 2.24) is 9.97 Å². The highest BCUT2D eigenvalue weighted by Gasteiger charge is 2.44. The molecule has 0 bridgehead atoms. The quantitative estimate of drug-likeness (QED) is 0.266. The molecule has 36 heavy (non-hydrogen) atoms. The van der Waals surface area contributed by atoms with Crippen LogP contribution in [-0.4, -0.2) is 23.4 Å². The summed E-state index contributed by atoms with van der Waals surface area (Å²) in [6, 6.07) is 2.21. The minimum atomic E-state index is -4.53. The molecule has 3 rings (SSSR count). The maximum atomic E-state index is 13.0. The second kappa shape index (κ2) is 9.93. The van der Waals surface area contributed by atoms with Gasteiger partial charge in [-0.3, -0.25) is 9.97 Å². The van der Waals surface area contributed by atoms with Gasteiger partial charge in [-0.2, -0.15) is 13.2 Å². The van der Waals surface area contributed by atoms with Crippen molar-refractivity contribution in [2.24, 2.45) is 5.41 Å². The molecule has 0 aromatic carbocycles. The molecule has 9 heteroatoms. The van der Waals surface area contributed by atoms with Gasteiger partial charge in [0.15, 0.2) is 8.32 Å². The minimum absolute atomic E-state index is 0.00182. The molecule has 0 radical (unpaired) electrons. The first-order valence-electron chi connectivity index (χ1n) is 12.4. The molecule has 2 atom stereocenters. The fraction of sp³-hybridized carbons (Fsp3) is 0.630. The van der Waals surface area contributed by atoms with Gasteiger partial charge in [0.05, 0.1) is 11.8 Å². The van der Waals surface area contributed by atoms with Crippen molar-refractivity contribution >= 4 is 30.9 Å². The van der Waals surface area contributed by atoms with E-state index in [0.717, 1.165) is 45.6 Å². The maximum Gasteiger partial charge on any atom is 0.433 e. The van der Waals surface area contributed by atoms with Crippen LogP contribution in [0.4, 0.5) is 13.2 Å². The number of aliphatic hydroxyl groups is 1. The summed E-state index contributed by atoms with van der Waals surface area (Å²) >= 11 is 2.28. The topological polar surface area (TPSA) is 55.2 Å². The fourth-order valence-corrected chi connectivity index (χ4v) is 6.97. The molecule has 200 valence electrons. The van der Waals surface area contributed by atoms with Crippen LogP contribution >= 0.6 is 22.6 Å². The van der Waals surface area contributed by atoms with E-state index in [0.29, 0.717) is 11.1 Å². The SMILES string of the molecule is CC(C)c1nc2c(c(I)c1[C@H](O)c1ccc(C(F)(F)F)nc1)C(O[Si](C)(C)C(C)(C)C)CC(C)(C)C2. The van der Waals surface area contributed by atoms with Gasteiger partial charge in [-0.05, 0) is 71.0 Å². The van der Waals surface area contributed by atoms with Gasteiger partial charge in [0, 0.05) is 32.2 Å². The Hall–Kier alpha value is -1.04. The summed E-state index contributed by atoms with van der Waals surface area (Å²) in [6.45, 7) is 19.6. The second-order valence-electron chi connectivity index (χ2n) is 12.5. The van der Waals surface area contributed by atoms with E-state index in [1.54, 1.807) is 0 Å². The van der Waals surface area contributed by atoms with Crippen molar-refractivity contribution in [2.75, 3.05) is 0 Å². The Morgan fingerprint density at radius 2 is 1.78 bits per heavy atom. The number of aromatic nitrogens is 2. The lowest BCUT2D eigenvalue weighted by Gasteiger charge is -2.44. The van der Waals surface area contributed by atoms with Gasteiger partial charge in [-0.1, -0.05) is 54.5 Å². The Bertz CT molecular complexity index is 1110. The predicted octanol–water partition coefficient (Wildman–Crippen LogP) is 8.34. The standard InChI is InChI=1S/C27H38F3IN2O2Si/c1-15(2)23-21(24(34)16-10-11-19(32-14-16)27(28,29)30)22(31)20-17(33-23)12-26(6,7)13-18(20)35-36(8,9)25(3,4)5/h10-11,14-15,18,24,34H,12-13H2,1-9H3/t18?,24-/m1/s1. The van der Waals surface area contributed by atoms with E-state index < -0.39 is 26.3 Å². The highest BCUT2D eigenvalue weighted by Crippen LogP contribution is 2.50. The molecule has 0 saturated carbocycles.